The van der Waals surface area contributed by atoms with Crippen LogP contribution in [-0.4, -0.2) is 28.2 Å². The molecular formula is C14H24N2O2. The highest BCUT2D eigenvalue weighted by Gasteiger charge is 2.18. The van der Waals surface area contributed by atoms with Crippen LogP contribution in [0, 0.1) is 13.8 Å². The van der Waals surface area contributed by atoms with Crippen molar-refractivity contribution < 1.29 is 9.90 Å². The van der Waals surface area contributed by atoms with E-state index in [2.05, 4.69) is 23.7 Å². The number of rotatable bonds is 5. The molecule has 4 heteroatoms. The summed E-state index contributed by atoms with van der Waals surface area (Å²) in [6.45, 7) is 10.1. The zero-order chi connectivity index (χ0) is 13.9. The van der Waals surface area contributed by atoms with Crippen LogP contribution in [0.5, 0.6) is 0 Å². The van der Waals surface area contributed by atoms with Gasteiger partial charge in [0.25, 0.3) is 5.91 Å². The first-order valence-electron chi connectivity index (χ1n) is 6.52. The number of aromatic nitrogens is 1. The fraction of sp³-hybridized carbons (Fsp3) is 0.643. The summed E-state index contributed by atoms with van der Waals surface area (Å²) in [7, 11) is 0. The van der Waals surface area contributed by atoms with Crippen molar-refractivity contribution in [3.63, 3.8) is 0 Å². The topological polar surface area (TPSA) is 54.3 Å². The molecule has 1 unspecified atom stereocenters. The summed E-state index contributed by atoms with van der Waals surface area (Å²) in [5.41, 5.74) is 2.77. The van der Waals surface area contributed by atoms with E-state index < -0.39 is 0 Å². The van der Waals surface area contributed by atoms with Crippen LogP contribution in [0.3, 0.4) is 0 Å². The van der Waals surface area contributed by atoms with Crippen molar-refractivity contribution in [1.29, 1.82) is 0 Å². The number of aliphatic hydroxyl groups is 1. The van der Waals surface area contributed by atoms with Crippen LogP contribution >= 0.6 is 0 Å². The molecule has 0 fully saturated rings. The highest BCUT2D eigenvalue weighted by molar-refractivity contribution is 5.95. The Kier molecular flexibility index (Phi) is 4.96. The van der Waals surface area contributed by atoms with Gasteiger partial charge in [-0.1, -0.05) is 6.92 Å². The predicted octanol–water partition coefficient (Wildman–Crippen LogP) is 2.19. The van der Waals surface area contributed by atoms with E-state index in [-0.39, 0.29) is 18.6 Å². The lowest BCUT2D eigenvalue weighted by Crippen LogP contribution is -2.37. The summed E-state index contributed by atoms with van der Waals surface area (Å²) in [5.74, 6) is -0.101. The zero-order valence-electron chi connectivity index (χ0n) is 11.9. The molecule has 0 aliphatic carbocycles. The number of amides is 1. The van der Waals surface area contributed by atoms with Gasteiger partial charge in [0.05, 0.1) is 18.2 Å². The first kappa shape index (κ1) is 14.8. The summed E-state index contributed by atoms with van der Waals surface area (Å²) < 4.78 is 2.15. The Morgan fingerprint density at radius 3 is 2.44 bits per heavy atom. The molecule has 18 heavy (non-hydrogen) atoms. The van der Waals surface area contributed by atoms with Crippen molar-refractivity contribution in [2.75, 3.05) is 6.61 Å². The summed E-state index contributed by atoms with van der Waals surface area (Å²) >= 11 is 0. The van der Waals surface area contributed by atoms with E-state index in [1.807, 2.05) is 26.8 Å². The minimum absolute atomic E-state index is 0.0227. The van der Waals surface area contributed by atoms with Crippen LogP contribution in [0.1, 0.15) is 55.0 Å². The third-order valence-corrected chi connectivity index (χ3v) is 3.29. The Hall–Kier alpha value is -1.29. The number of aryl methyl sites for hydroxylation is 1. The van der Waals surface area contributed by atoms with Crippen molar-refractivity contribution in [3.05, 3.63) is 23.0 Å². The SMILES string of the molecule is CCC(CO)NC(=O)c1cc(C)n(C(C)C)c1C. The summed E-state index contributed by atoms with van der Waals surface area (Å²) in [6.07, 6.45) is 0.727. The molecule has 0 radical (unpaired) electrons. The number of aliphatic hydroxyl groups excluding tert-OH is 1. The third-order valence-electron chi connectivity index (χ3n) is 3.29. The lowest BCUT2D eigenvalue weighted by Gasteiger charge is -2.15. The molecule has 1 amide bonds. The largest absolute Gasteiger partial charge is 0.394 e. The molecule has 1 aromatic rings. The van der Waals surface area contributed by atoms with Gasteiger partial charge in [-0.2, -0.15) is 0 Å². The Bertz CT molecular complexity index is 418. The molecule has 0 spiro atoms. The monoisotopic (exact) mass is 252 g/mol. The zero-order valence-corrected chi connectivity index (χ0v) is 11.9. The molecule has 0 aliphatic rings. The maximum atomic E-state index is 12.1. The maximum Gasteiger partial charge on any atom is 0.253 e. The van der Waals surface area contributed by atoms with Crippen molar-refractivity contribution in [1.82, 2.24) is 9.88 Å². The van der Waals surface area contributed by atoms with E-state index in [1.54, 1.807) is 0 Å². The van der Waals surface area contributed by atoms with Gasteiger partial charge in [0.2, 0.25) is 0 Å². The van der Waals surface area contributed by atoms with Gasteiger partial charge in [-0.25, -0.2) is 0 Å². The first-order valence-corrected chi connectivity index (χ1v) is 6.52. The van der Waals surface area contributed by atoms with E-state index >= 15 is 0 Å². The smallest absolute Gasteiger partial charge is 0.253 e. The van der Waals surface area contributed by atoms with Crippen molar-refractivity contribution in [3.8, 4) is 0 Å². The molecule has 2 N–H and O–H groups in total. The number of hydrogen-bond acceptors (Lipinski definition) is 2. The minimum Gasteiger partial charge on any atom is -0.394 e. The second-order valence-electron chi connectivity index (χ2n) is 5.01. The number of hydrogen-bond donors (Lipinski definition) is 2. The molecular weight excluding hydrogens is 228 g/mol. The second-order valence-corrected chi connectivity index (χ2v) is 5.01. The predicted molar refractivity (Wildman–Crippen MR) is 72.9 cm³/mol. The highest BCUT2D eigenvalue weighted by Crippen LogP contribution is 2.20. The van der Waals surface area contributed by atoms with Crippen molar-refractivity contribution >= 4 is 5.91 Å². The average molecular weight is 252 g/mol. The van der Waals surface area contributed by atoms with E-state index in [9.17, 15) is 4.79 Å². The molecule has 0 aromatic carbocycles. The Balaban J connectivity index is 2.97. The molecule has 0 saturated heterocycles. The number of carbonyl (C=O) groups excluding carboxylic acids is 1. The van der Waals surface area contributed by atoms with Crippen LogP contribution in [-0.2, 0) is 0 Å². The third kappa shape index (κ3) is 2.93. The lowest BCUT2D eigenvalue weighted by atomic mass is 10.2. The van der Waals surface area contributed by atoms with Crippen molar-refractivity contribution in [2.24, 2.45) is 0 Å². The summed E-state index contributed by atoms with van der Waals surface area (Å²) in [4.78, 5) is 12.1. The lowest BCUT2D eigenvalue weighted by molar-refractivity contribution is 0.0914. The van der Waals surface area contributed by atoms with Gasteiger partial charge < -0.3 is 15.0 Å². The van der Waals surface area contributed by atoms with Crippen LogP contribution in [0.25, 0.3) is 0 Å². The Morgan fingerprint density at radius 2 is 2.06 bits per heavy atom. The average Bonchev–Trinajstić information content (AvgIpc) is 2.61. The van der Waals surface area contributed by atoms with Gasteiger partial charge in [0.1, 0.15) is 0 Å². The first-order chi connectivity index (χ1) is 8.42. The Labute approximate surface area is 109 Å². The van der Waals surface area contributed by atoms with E-state index in [0.29, 0.717) is 11.6 Å². The molecule has 0 aliphatic heterocycles. The minimum atomic E-state index is -0.167. The molecule has 0 bridgehead atoms. The van der Waals surface area contributed by atoms with Gasteiger partial charge in [-0.15, -0.1) is 0 Å². The van der Waals surface area contributed by atoms with E-state index in [1.165, 1.54) is 0 Å². The number of nitrogens with one attached hydrogen (secondary N) is 1. The molecule has 1 atom stereocenters. The molecule has 1 heterocycles. The molecule has 4 nitrogen and oxygen atoms in total. The van der Waals surface area contributed by atoms with Gasteiger partial charge in [0, 0.05) is 17.4 Å². The maximum absolute atomic E-state index is 12.1. The molecule has 102 valence electrons. The normalized spacial score (nSPS) is 12.8. The van der Waals surface area contributed by atoms with Gasteiger partial charge in [-0.05, 0) is 40.2 Å². The molecule has 1 rings (SSSR count). The fourth-order valence-corrected chi connectivity index (χ4v) is 2.34. The summed E-state index contributed by atoms with van der Waals surface area (Å²) in [5, 5.41) is 12.0. The quantitative estimate of drug-likeness (QED) is 0.844. The number of carbonyl (C=O) groups is 1. The van der Waals surface area contributed by atoms with Crippen LogP contribution < -0.4 is 5.32 Å². The highest BCUT2D eigenvalue weighted by atomic mass is 16.3. The fourth-order valence-electron chi connectivity index (χ4n) is 2.34. The van der Waals surface area contributed by atoms with Crippen LogP contribution in [0.15, 0.2) is 6.07 Å². The molecule has 0 saturated carbocycles. The van der Waals surface area contributed by atoms with Gasteiger partial charge >= 0.3 is 0 Å². The number of nitrogens with zero attached hydrogens (tertiary/aromatic N) is 1. The van der Waals surface area contributed by atoms with Gasteiger partial charge in [0.15, 0.2) is 0 Å². The Morgan fingerprint density at radius 1 is 1.44 bits per heavy atom. The van der Waals surface area contributed by atoms with E-state index in [0.717, 1.165) is 17.8 Å². The summed E-state index contributed by atoms with van der Waals surface area (Å²) in [6, 6.07) is 2.08. The standard InChI is InChI=1S/C14H24N2O2/c1-6-12(8-17)15-14(18)13-7-10(4)16(9(2)3)11(13)5/h7,9,12,17H,6,8H2,1-5H3,(H,15,18). The van der Waals surface area contributed by atoms with Crippen molar-refractivity contribution in [2.45, 2.75) is 53.1 Å². The van der Waals surface area contributed by atoms with Gasteiger partial charge in [-0.3, -0.25) is 4.79 Å². The van der Waals surface area contributed by atoms with Crippen LogP contribution in [0.4, 0.5) is 0 Å². The van der Waals surface area contributed by atoms with Crippen LogP contribution in [0.2, 0.25) is 0 Å². The van der Waals surface area contributed by atoms with E-state index in [4.69, 9.17) is 5.11 Å². The second kappa shape index (κ2) is 6.05. The molecule has 1 aromatic heterocycles.